The van der Waals surface area contributed by atoms with Gasteiger partial charge in [-0.3, -0.25) is 0 Å². The van der Waals surface area contributed by atoms with E-state index in [0.29, 0.717) is 12.0 Å². The van der Waals surface area contributed by atoms with Gasteiger partial charge >= 0.3 is 0 Å². The summed E-state index contributed by atoms with van der Waals surface area (Å²) in [5.41, 5.74) is 0.819. The van der Waals surface area contributed by atoms with Crippen molar-refractivity contribution in [2.75, 3.05) is 7.11 Å². The Hall–Kier alpha value is -0.930. The predicted molar refractivity (Wildman–Crippen MR) is 61.8 cm³/mol. The number of aliphatic hydroxyl groups excluding tert-OH is 1. The predicted octanol–water partition coefficient (Wildman–Crippen LogP) is 2.98. The van der Waals surface area contributed by atoms with Crippen LogP contribution in [0.25, 0.3) is 0 Å². The molecule has 0 spiro atoms. The summed E-state index contributed by atoms with van der Waals surface area (Å²) in [5, 5.41) is 10.3. The average molecular weight is 226 g/mol. The van der Waals surface area contributed by atoms with Crippen molar-refractivity contribution >= 4 is 0 Å². The van der Waals surface area contributed by atoms with Crippen LogP contribution in [0, 0.1) is 12.7 Å². The zero-order valence-corrected chi connectivity index (χ0v) is 10.2. The second kappa shape index (κ2) is 4.93. The zero-order valence-electron chi connectivity index (χ0n) is 10.2. The maximum atomic E-state index is 13.0. The largest absolute Gasteiger partial charge is 0.385 e. The van der Waals surface area contributed by atoms with Crippen LogP contribution >= 0.6 is 0 Å². The lowest BCUT2D eigenvalue weighted by Gasteiger charge is -2.33. The van der Waals surface area contributed by atoms with Crippen LogP contribution in [0.3, 0.4) is 0 Å². The Kier molecular flexibility index (Phi) is 4.05. The minimum absolute atomic E-state index is 0.288. The van der Waals surface area contributed by atoms with Gasteiger partial charge in [-0.25, -0.2) is 4.39 Å². The van der Waals surface area contributed by atoms with E-state index in [2.05, 4.69) is 0 Å². The van der Waals surface area contributed by atoms with Crippen LogP contribution in [0.15, 0.2) is 18.2 Å². The fraction of sp³-hybridized carbons (Fsp3) is 0.538. The van der Waals surface area contributed by atoms with Gasteiger partial charge in [0.2, 0.25) is 0 Å². The van der Waals surface area contributed by atoms with Gasteiger partial charge in [-0.15, -0.1) is 0 Å². The molecular weight excluding hydrogens is 207 g/mol. The van der Waals surface area contributed by atoms with E-state index in [0.717, 1.165) is 5.56 Å². The van der Waals surface area contributed by atoms with Crippen molar-refractivity contribution in [2.45, 2.75) is 38.9 Å². The molecule has 0 aliphatic carbocycles. The number of methoxy groups -OCH3 is 1. The van der Waals surface area contributed by atoms with Crippen LogP contribution in [0.1, 0.15) is 37.5 Å². The summed E-state index contributed by atoms with van der Waals surface area (Å²) in [5.74, 6) is -0.288. The monoisotopic (exact) mass is 226 g/mol. The summed E-state index contributed by atoms with van der Waals surface area (Å²) in [7, 11) is 1.57. The molecule has 0 aliphatic heterocycles. The maximum Gasteiger partial charge on any atom is 0.123 e. The smallest absolute Gasteiger partial charge is 0.123 e. The van der Waals surface area contributed by atoms with Crippen LogP contribution in [-0.4, -0.2) is 17.8 Å². The first-order valence-electron chi connectivity index (χ1n) is 5.44. The first kappa shape index (κ1) is 13.1. The van der Waals surface area contributed by atoms with Gasteiger partial charge in [-0.2, -0.15) is 0 Å². The maximum absolute atomic E-state index is 13.0. The van der Waals surface area contributed by atoms with Crippen LogP contribution in [-0.2, 0) is 4.74 Å². The molecule has 2 unspecified atom stereocenters. The number of benzene rings is 1. The highest BCUT2D eigenvalue weighted by Crippen LogP contribution is 2.33. The highest BCUT2D eigenvalue weighted by atomic mass is 19.1. The summed E-state index contributed by atoms with van der Waals surface area (Å²) >= 11 is 0. The molecule has 2 nitrogen and oxygen atoms in total. The Bertz CT molecular complexity index is 359. The van der Waals surface area contributed by atoms with Crippen molar-refractivity contribution in [3.63, 3.8) is 0 Å². The number of rotatable bonds is 4. The van der Waals surface area contributed by atoms with E-state index < -0.39 is 11.7 Å². The quantitative estimate of drug-likeness (QED) is 0.855. The van der Waals surface area contributed by atoms with Crippen molar-refractivity contribution < 1.29 is 14.2 Å². The molecule has 0 fully saturated rings. The van der Waals surface area contributed by atoms with E-state index in [1.165, 1.54) is 12.1 Å². The average Bonchev–Trinajstić information content (AvgIpc) is 2.27. The molecule has 0 heterocycles. The molecule has 0 amide bonds. The molecular formula is C13H19FO2. The molecule has 1 aromatic carbocycles. The highest BCUT2D eigenvalue weighted by molar-refractivity contribution is 5.30. The summed E-state index contributed by atoms with van der Waals surface area (Å²) in [6.45, 7) is 5.58. The van der Waals surface area contributed by atoms with Crippen LogP contribution in [0.4, 0.5) is 4.39 Å². The van der Waals surface area contributed by atoms with Gasteiger partial charge in [-0.1, -0.05) is 13.0 Å². The van der Waals surface area contributed by atoms with Crippen LogP contribution in [0.5, 0.6) is 0 Å². The summed E-state index contributed by atoms with van der Waals surface area (Å²) in [6.07, 6.45) is -0.0651. The number of ether oxygens (including phenoxy) is 1. The Morgan fingerprint density at radius 1 is 1.50 bits per heavy atom. The van der Waals surface area contributed by atoms with E-state index in [1.54, 1.807) is 20.1 Å². The van der Waals surface area contributed by atoms with Gasteiger partial charge in [-0.05, 0) is 43.5 Å². The fourth-order valence-electron chi connectivity index (χ4n) is 1.72. The number of aryl methyl sites for hydroxylation is 1. The third-order valence-corrected chi connectivity index (χ3v) is 3.27. The fourth-order valence-corrected chi connectivity index (χ4v) is 1.72. The molecule has 2 atom stereocenters. The lowest BCUT2D eigenvalue weighted by Crippen LogP contribution is -2.34. The molecule has 1 rings (SSSR count). The molecule has 16 heavy (non-hydrogen) atoms. The van der Waals surface area contributed by atoms with Crippen molar-refractivity contribution in [2.24, 2.45) is 0 Å². The second-order valence-corrected chi connectivity index (χ2v) is 4.27. The Morgan fingerprint density at radius 3 is 2.56 bits per heavy atom. The van der Waals surface area contributed by atoms with Crippen molar-refractivity contribution in [1.29, 1.82) is 0 Å². The topological polar surface area (TPSA) is 29.5 Å². The molecule has 0 aromatic heterocycles. The van der Waals surface area contributed by atoms with Crippen molar-refractivity contribution in [3.05, 3.63) is 35.1 Å². The van der Waals surface area contributed by atoms with E-state index in [9.17, 15) is 9.50 Å². The SMILES string of the molecule is CCC(C)(OC)C(O)c1ccc(F)cc1C. The molecule has 0 bridgehead atoms. The standard InChI is InChI=1S/C13H19FO2/c1-5-13(3,16-4)12(15)11-7-6-10(14)8-9(11)2/h6-8,12,15H,5H2,1-4H3. The summed E-state index contributed by atoms with van der Waals surface area (Å²) in [4.78, 5) is 0. The van der Waals surface area contributed by atoms with Gasteiger partial charge in [0.1, 0.15) is 11.9 Å². The number of hydrogen-bond donors (Lipinski definition) is 1. The van der Waals surface area contributed by atoms with Crippen LogP contribution < -0.4 is 0 Å². The lowest BCUT2D eigenvalue weighted by atomic mass is 9.88. The number of aliphatic hydroxyl groups is 1. The van der Waals surface area contributed by atoms with Gasteiger partial charge in [0.25, 0.3) is 0 Å². The molecule has 1 aromatic rings. The Morgan fingerprint density at radius 2 is 2.12 bits per heavy atom. The van der Waals surface area contributed by atoms with Gasteiger partial charge in [0.15, 0.2) is 0 Å². The van der Waals surface area contributed by atoms with Crippen molar-refractivity contribution in [3.8, 4) is 0 Å². The van der Waals surface area contributed by atoms with Crippen LogP contribution in [0.2, 0.25) is 0 Å². The molecule has 0 saturated heterocycles. The number of halogens is 1. The molecule has 1 N–H and O–H groups in total. The third-order valence-electron chi connectivity index (χ3n) is 3.27. The minimum atomic E-state index is -0.747. The second-order valence-electron chi connectivity index (χ2n) is 4.27. The summed E-state index contributed by atoms with van der Waals surface area (Å²) in [6, 6.07) is 4.39. The summed E-state index contributed by atoms with van der Waals surface area (Å²) < 4.78 is 18.3. The number of hydrogen-bond acceptors (Lipinski definition) is 2. The zero-order chi connectivity index (χ0) is 12.3. The minimum Gasteiger partial charge on any atom is -0.385 e. The molecule has 90 valence electrons. The van der Waals surface area contributed by atoms with E-state index in [1.807, 2.05) is 13.8 Å². The third kappa shape index (κ3) is 2.42. The van der Waals surface area contributed by atoms with Gasteiger partial charge in [0, 0.05) is 7.11 Å². The van der Waals surface area contributed by atoms with E-state index in [4.69, 9.17) is 4.74 Å². The normalized spacial score (nSPS) is 16.9. The highest BCUT2D eigenvalue weighted by Gasteiger charge is 2.33. The van der Waals surface area contributed by atoms with E-state index in [-0.39, 0.29) is 5.82 Å². The first-order chi connectivity index (χ1) is 7.44. The Balaban J connectivity index is 3.08. The lowest BCUT2D eigenvalue weighted by molar-refractivity contribution is -0.0946. The molecule has 0 radical (unpaired) electrons. The molecule has 0 aliphatic rings. The Labute approximate surface area is 96.1 Å². The van der Waals surface area contributed by atoms with Crippen molar-refractivity contribution in [1.82, 2.24) is 0 Å². The van der Waals surface area contributed by atoms with Gasteiger partial charge < -0.3 is 9.84 Å². The molecule has 0 saturated carbocycles. The van der Waals surface area contributed by atoms with Gasteiger partial charge in [0.05, 0.1) is 5.60 Å². The van der Waals surface area contributed by atoms with E-state index >= 15 is 0 Å². The first-order valence-corrected chi connectivity index (χ1v) is 5.44. The molecule has 3 heteroatoms.